The molecule has 0 spiro atoms. The summed E-state index contributed by atoms with van der Waals surface area (Å²) in [4.78, 5) is 12.6. The van der Waals surface area contributed by atoms with Crippen LogP contribution in [0.1, 0.15) is 5.56 Å². The van der Waals surface area contributed by atoms with Crippen LogP contribution in [0.3, 0.4) is 0 Å². The van der Waals surface area contributed by atoms with Crippen LogP contribution >= 0.6 is 11.3 Å². The molecule has 90 valence electrons. The largest absolute Gasteiger partial charge is 0.382 e. The van der Waals surface area contributed by atoms with Crippen LogP contribution in [0.5, 0.6) is 0 Å². The van der Waals surface area contributed by atoms with Crippen molar-refractivity contribution in [1.29, 1.82) is 0 Å². The third-order valence-electron chi connectivity index (χ3n) is 2.43. The van der Waals surface area contributed by atoms with Crippen molar-refractivity contribution in [3.8, 4) is 0 Å². The van der Waals surface area contributed by atoms with E-state index in [1.165, 1.54) is 11.8 Å². The zero-order valence-electron chi connectivity index (χ0n) is 9.71. The molecule has 6 heteroatoms. The van der Waals surface area contributed by atoms with E-state index in [0.29, 0.717) is 11.6 Å². The molecule has 2 heterocycles. The minimum Gasteiger partial charge on any atom is -0.382 e. The number of anilines is 3. The fraction of sp³-hybridized carbons (Fsp3) is 0.0833. The SMILES string of the molecule is Cc1ccc2nc(Nc3cncc(N)n3)sc2c1. The van der Waals surface area contributed by atoms with Crippen LogP contribution in [-0.2, 0) is 0 Å². The first-order valence-electron chi connectivity index (χ1n) is 5.42. The lowest BCUT2D eigenvalue weighted by atomic mass is 10.2. The molecule has 5 nitrogen and oxygen atoms in total. The topological polar surface area (TPSA) is 76.7 Å². The number of aryl methyl sites for hydroxylation is 1. The van der Waals surface area contributed by atoms with Gasteiger partial charge in [-0.3, -0.25) is 4.98 Å². The van der Waals surface area contributed by atoms with E-state index in [9.17, 15) is 0 Å². The van der Waals surface area contributed by atoms with Gasteiger partial charge in [0, 0.05) is 0 Å². The van der Waals surface area contributed by atoms with Gasteiger partial charge >= 0.3 is 0 Å². The molecule has 0 unspecified atom stereocenters. The lowest BCUT2D eigenvalue weighted by Gasteiger charge is -2.00. The van der Waals surface area contributed by atoms with E-state index in [0.717, 1.165) is 15.3 Å². The van der Waals surface area contributed by atoms with Gasteiger partial charge in [-0.1, -0.05) is 17.4 Å². The quantitative estimate of drug-likeness (QED) is 0.738. The van der Waals surface area contributed by atoms with Crippen LogP contribution in [0.25, 0.3) is 10.2 Å². The summed E-state index contributed by atoms with van der Waals surface area (Å²) in [6, 6.07) is 6.17. The molecule has 0 saturated heterocycles. The molecule has 0 aliphatic carbocycles. The van der Waals surface area contributed by atoms with E-state index in [1.54, 1.807) is 17.5 Å². The molecular weight excluding hydrogens is 246 g/mol. The Balaban J connectivity index is 1.95. The Morgan fingerprint density at radius 2 is 2.11 bits per heavy atom. The van der Waals surface area contributed by atoms with Gasteiger partial charge < -0.3 is 11.1 Å². The highest BCUT2D eigenvalue weighted by Gasteiger charge is 2.05. The Bertz CT molecular complexity index is 707. The monoisotopic (exact) mass is 257 g/mol. The summed E-state index contributed by atoms with van der Waals surface area (Å²) in [6.45, 7) is 2.07. The molecular formula is C12H11N5S. The molecule has 2 aromatic heterocycles. The molecule has 0 bridgehead atoms. The highest BCUT2D eigenvalue weighted by atomic mass is 32.1. The molecule has 18 heavy (non-hydrogen) atoms. The van der Waals surface area contributed by atoms with Gasteiger partial charge in [0.05, 0.1) is 22.6 Å². The van der Waals surface area contributed by atoms with Crippen LogP contribution in [0.15, 0.2) is 30.6 Å². The van der Waals surface area contributed by atoms with E-state index in [1.807, 2.05) is 12.1 Å². The van der Waals surface area contributed by atoms with Gasteiger partial charge in [0.2, 0.25) is 0 Å². The Hall–Kier alpha value is -2.21. The lowest BCUT2D eigenvalue weighted by Crippen LogP contribution is -1.97. The number of nitrogens with two attached hydrogens (primary N) is 1. The number of nitrogen functional groups attached to an aromatic ring is 1. The minimum absolute atomic E-state index is 0.386. The van der Waals surface area contributed by atoms with Crippen molar-refractivity contribution in [2.75, 3.05) is 11.1 Å². The Morgan fingerprint density at radius 3 is 2.94 bits per heavy atom. The first-order valence-corrected chi connectivity index (χ1v) is 6.24. The van der Waals surface area contributed by atoms with Crippen LogP contribution in [0.4, 0.5) is 16.8 Å². The molecule has 1 aromatic carbocycles. The maximum absolute atomic E-state index is 5.58. The summed E-state index contributed by atoms with van der Waals surface area (Å²) in [6.07, 6.45) is 3.13. The maximum atomic E-state index is 5.58. The minimum atomic E-state index is 0.386. The Labute approximate surface area is 108 Å². The molecule has 3 rings (SSSR count). The fourth-order valence-electron chi connectivity index (χ4n) is 1.64. The number of aromatic nitrogens is 3. The average Bonchev–Trinajstić information content (AvgIpc) is 2.70. The number of hydrogen-bond donors (Lipinski definition) is 2. The number of thiazole rings is 1. The molecule has 0 saturated carbocycles. The maximum Gasteiger partial charge on any atom is 0.189 e. The second kappa shape index (κ2) is 4.23. The summed E-state index contributed by atoms with van der Waals surface area (Å²) in [5.74, 6) is 0.989. The van der Waals surface area contributed by atoms with Gasteiger partial charge in [-0.2, -0.15) is 0 Å². The summed E-state index contributed by atoms with van der Waals surface area (Å²) in [5.41, 5.74) is 7.78. The van der Waals surface area contributed by atoms with Gasteiger partial charge in [0.25, 0.3) is 0 Å². The van der Waals surface area contributed by atoms with Crippen molar-refractivity contribution >= 4 is 38.3 Å². The highest BCUT2D eigenvalue weighted by molar-refractivity contribution is 7.22. The smallest absolute Gasteiger partial charge is 0.189 e. The second-order valence-electron chi connectivity index (χ2n) is 3.94. The van der Waals surface area contributed by atoms with Crippen molar-refractivity contribution in [2.45, 2.75) is 6.92 Å². The number of benzene rings is 1. The molecule has 3 aromatic rings. The van der Waals surface area contributed by atoms with Crippen LogP contribution < -0.4 is 11.1 Å². The van der Waals surface area contributed by atoms with Crippen molar-refractivity contribution in [3.63, 3.8) is 0 Å². The van der Waals surface area contributed by atoms with E-state index < -0.39 is 0 Å². The zero-order valence-corrected chi connectivity index (χ0v) is 10.5. The van der Waals surface area contributed by atoms with Crippen LogP contribution in [0, 0.1) is 6.92 Å². The third kappa shape index (κ3) is 2.10. The van der Waals surface area contributed by atoms with E-state index >= 15 is 0 Å². The Morgan fingerprint density at radius 1 is 1.22 bits per heavy atom. The van der Waals surface area contributed by atoms with Gasteiger partial charge in [-0.15, -0.1) is 0 Å². The van der Waals surface area contributed by atoms with E-state index in [2.05, 4.69) is 33.3 Å². The summed E-state index contributed by atoms with van der Waals surface area (Å²) in [5, 5.41) is 3.89. The van der Waals surface area contributed by atoms with Gasteiger partial charge in [0.1, 0.15) is 5.82 Å². The highest BCUT2D eigenvalue weighted by Crippen LogP contribution is 2.28. The number of nitrogens with one attached hydrogen (secondary N) is 1. The molecule has 0 atom stereocenters. The van der Waals surface area contributed by atoms with Crippen molar-refractivity contribution in [3.05, 3.63) is 36.2 Å². The fourth-order valence-corrected chi connectivity index (χ4v) is 2.61. The molecule has 3 N–H and O–H groups in total. The van der Waals surface area contributed by atoms with Gasteiger partial charge in [-0.05, 0) is 24.6 Å². The first kappa shape index (κ1) is 10.9. The van der Waals surface area contributed by atoms with E-state index in [-0.39, 0.29) is 0 Å². The number of nitrogens with zero attached hydrogens (tertiary/aromatic N) is 3. The molecule has 0 amide bonds. The summed E-state index contributed by atoms with van der Waals surface area (Å²) in [7, 11) is 0. The lowest BCUT2D eigenvalue weighted by molar-refractivity contribution is 1.20. The van der Waals surface area contributed by atoms with Crippen LogP contribution in [-0.4, -0.2) is 15.0 Å². The molecule has 0 fully saturated rings. The normalized spacial score (nSPS) is 10.7. The summed E-state index contributed by atoms with van der Waals surface area (Å²) >= 11 is 1.58. The Kier molecular flexibility index (Phi) is 2.56. The molecule has 0 aliphatic rings. The summed E-state index contributed by atoms with van der Waals surface area (Å²) < 4.78 is 1.15. The van der Waals surface area contributed by atoms with Crippen LogP contribution in [0.2, 0.25) is 0 Å². The van der Waals surface area contributed by atoms with Crippen molar-refractivity contribution < 1.29 is 0 Å². The zero-order chi connectivity index (χ0) is 12.5. The average molecular weight is 257 g/mol. The standard InChI is InChI=1S/C12H11N5S/c1-7-2-3-8-9(4-7)18-12(15-8)17-11-6-14-5-10(13)16-11/h2-6H,1H3,(H3,13,15,16,17). The third-order valence-corrected chi connectivity index (χ3v) is 3.37. The molecule has 0 aliphatic heterocycles. The van der Waals surface area contributed by atoms with Crippen molar-refractivity contribution in [1.82, 2.24) is 15.0 Å². The number of fused-ring (bicyclic) bond motifs is 1. The second-order valence-corrected chi connectivity index (χ2v) is 4.98. The number of hydrogen-bond acceptors (Lipinski definition) is 6. The van der Waals surface area contributed by atoms with Gasteiger partial charge in [0.15, 0.2) is 10.9 Å². The first-order chi connectivity index (χ1) is 8.70. The predicted octanol–water partition coefficient (Wildman–Crippen LogP) is 2.72. The predicted molar refractivity (Wildman–Crippen MR) is 74.1 cm³/mol. The number of rotatable bonds is 2. The van der Waals surface area contributed by atoms with Gasteiger partial charge in [-0.25, -0.2) is 9.97 Å². The van der Waals surface area contributed by atoms with E-state index in [4.69, 9.17) is 5.73 Å². The molecule has 0 radical (unpaired) electrons. The van der Waals surface area contributed by atoms with Crippen molar-refractivity contribution in [2.24, 2.45) is 0 Å².